The van der Waals surface area contributed by atoms with Crippen molar-refractivity contribution in [2.24, 2.45) is 11.3 Å². The molecule has 0 amide bonds. The maximum Gasteiger partial charge on any atom is 0.312 e. The zero-order valence-electron chi connectivity index (χ0n) is 17.6. The number of hydrogen-bond donors (Lipinski definition) is 0. The van der Waals surface area contributed by atoms with Crippen molar-refractivity contribution in [3.8, 4) is 11.1 Å². The molecule has 0 bridgehead atoms. The lowest BCUT2D eigenvalue weighted by Crippen LogP contribution is -2.42. The summed E-state index contributed by atoms with van der Waals surface area (Å²) in [4.78, 5) is 23.4. The van der Waals surface area contributed by atoms with Crippen LogP contribution in [-0.2, 0) is 9.53 Å². The van der Waals surface area contributed by atoms with Crippen LogP contribution >= 0.6 is 23.2 Å². The third-order valence-corrected chi connectivity index (χ3v) is 7.57. The van der Waals surface area contributed by atoms with Gasteiger partial charge in [-0.1, -0.05) is 35.3 Å². The minimum atomic E-state index is -0.408. The summed E-state index contributed by atoms with van der Waals surface area (Å²) in [5, 5.41) is 1.51. The molecule has 2 heterocycles. The summed E-state index contributed by atoms with van der Waals surface area (Å²) >= 11 is 12.4. The molecule has 0 N–H and O–H groups in total. The van der Waals surface area contributed by atoms with E-state index in [1.807, 2.05) is 6.07 Å². The van der Waals surface area contributed by atoms with E-state index in [9.17, 15) is 9.18 Å². The van der Waals surface area contributed by atoms with Gasteiger partial charge in [0.05, 0.1) is 28.0 Å². The normalized spacial score (nSPS) is 19.8. The molecule has 0 radical (unpaired) electrons. The first-order valence-electron chi connectivity index (χ1n) is 10.7. The molecule has 2 fully saturated rings. The minimum Gasteiger partial charge on any atom is -0.469 e. The summed E-state index contributed by atoms with van der Waals surface area (Å²) in [7, 11) is 1.45. The lowest BCUT2D eigenvalue weighted by Gasteiger charge is -2.37. The Labute approximate surface area is 195 Å². The molecular formula is C24H22Cl2FN3O2. The Kier molecular flexibility index (Phi) is 5.46. The van der Waals surface area contributed by atoms with Gasteiger partial charge >= 0.3 is 5.97 Å². The van der Waals surface area contributed by atoms with E-state index in [1.54, 1.807) is 18.2 Å². The van der Waals surface area contributed by atoms with Gasteiger partial charge in [0.15, 0.2) is 0 Å². The number of methoxy groups -OCH3 is 1. The van der Waals surface area contributed by atoms with E-state index in [-0.39, 0.29) is 17.4 Å². The van der Waals surface area contributed by atoms with Crippen LogP contribution in [0.3, 0.4) is 0 Å². The number of rotatable bonds is 4. The molecule has 1 aliphatic carbocycles. The van der Waals surface area contributed by atoms with Gasteiger partial charge in [0, 0.05) is 13.1 Å². The van der Waals surface area contributed by atoms with Crippen molar-refractivity contribution >= 4 is 45.9 Å². The van der Waals surface area contributed by atoms with Crippen LogP contribution < -0.4 is 4.90 Å². The number of piperidine rings is 1. The fourth-order valence-corrected chi connectivity index (χ4v) is 5.30. The van der Waals surface area contributed by atoms with E-state index in [2.05, 4.69) is 14.9 Å². The van der Waals surface area contributed by atoms with E-state index in [4.69, 9.17) is 27.9 Å². The smallest absolute Gasteiger partial charge is 0.312 e. The largest absolute Gasteiger partial charge is 0.469 e. The molecule has 5 nitrogen and oxygen atoms in total. The van der Waals surface area contributed by atoms with Crippen LogP contribution in [0.15, 0.2) is 36.7 Å². The van der Waals surface area contributed by atoms with Crippen molar-refractivity contribution in [1.29, 1.82) is 0 Å². The average Bonchev–Trinajstić information content (AvgIpc) is 3.63. The van der Waals surface area contributed by atoms with Crippen LogP contribution in [0.25, 0.3) is 22.0 Å². The van der Waals surface area contributed by atoms with Gasteiger partial charge in [0.25, 0.3) is 0 Å². The molecular weight excluding hydrogens is 452 g/mol. The van der Waals surface area contributed by atoms with Crippen molar-refractivity contribution in [1.82, 2.24) is 9.97 Å². The van der Waals surface area contributed by atoms with Gasteiger partial charge in [-0.2, -0.15) is 0 Å². The number of benzene rings is 2. The van der Waals surface area contributed by atoms with Crippen LogP contribution in [0, 0.1) is 17.2 Å². The molecule has 1 saturated carbocycles. The molecule has 3 aromatic rings. The fraction of sp³-hybridized carbons (Fsp3) is 0.375. The number of carbonyl (C=O) groups excluding carboxylic acids is 1. The predicted molar refractivity (Wildman–Crippen MR) is 124 cm³/mol. The second-order valence-electron chi connectivity index (χ2n) is 8.58. The molecule has 8 heteroatoms. The van der Waals surface area contributed by atoms with Crippen LogP contribution in [0.4, 0.5) is 10.2 Å². The molecule has 0 spiro atoms. The molecule has 2 aliphatic rings. The molecule has 32 heavy (non-hydrogen) atoms. The number of anilines is 1. The summed E-state index contributed by atoms with van der Waals surface area (Å²) in [5.41, 5.74) is 1.46. The van der Waals surface area contributed by atoms with Gasteiger partial charge < -0.3 is 9.64 Å². The molecule has 5 rings (SSSR count). The van der Waals surface area contributed by atoms with Crippen molar-refractivity contribution in [2.45, 2.75) is 25.7 Å². The highest BCUT2D eigenvalue weighted by Crippen LogP contribution is 2.55. The number of fused-ring (bicyclic) bond motifs is 1. The van der Waals surface area contributed by atoms with E-state index < -0.39 is 11.2 Å². The molecule has 166 valence electrons. The van der Waals surface area contributed by atoms with Gasteiger partial charge in [-0.05, 0) is 60.9 Å². The highest BCUT2D eigenvalue weighted by molar-refractivity contribution is 6.42. The SMILES string of the molecule is COC(=O)C1(C2CCCN(c3ncnc4c(F)ccc(-c5ccc(Cl)c(Cl)c5)c34)C2)CC1. The Bertz CT molecular complexity index is 1220. The molecule has 1 unspecified atom stereocenters. The van der Waals surface area contributed by atoms with E-state index >= 15 is 0 Å². The second kappa shape index (κ2) is 8.16. The third kappa shape index (κ3) is 3.50. The topological polar surface area (TPSA) is 55.3 Å². The first-order valence-corrected chi connectivity index (χ1v) is 11.4. The van der Waals surface area contributed by atoms with Crippen molar-refractivity contribution in [2.75, 3.05) is 25.1 Å². The van der Waals surface area contributed by atoms with E-state index in [0.29, 0.717) is 27.8 Å². The zero-order chi connectivity index (χ0) is 22.5. The predicted octanol–water partition coefficient (Wildman–Crippen LogP) is 5.91. The van der Waals surface area contributed by atoms with Crippen LogP contribution in [0.2, 0.25) is 10.0 Å². The van der Waals surface area contributed by atoms with Gasteiger partial charge in [-0.3, -0.25) is 4.79 Å². The van der Waals surface area contributed by atoms with Gasteiger partial charge in [0.2, 0.25) is 0 Å². The Morgan fingerprint density at radius 3 is 2.72 bits per heavy atom. The molecule has 2 aromatic carbocycles. The van der Waals surface area contributed by atoms with Crippen molar-refractivity contribution in [3.05, 3.63) is 52.5 Å². The zero-order valence-corrected chi connectivity index (χ0v) is 19.1. The number of nitrogens with zero attached hydrogens (tertiary/aromatic N) is 3. The Balaban J connectivity index is 1.61. The summed E-state index contributed by atoms with van der Waals surface area (Å²) in [6.07, 6.45) is 4.99. The number of hydrogen-bond acceptors (Lipinski definition) is 5. The molecule has 1 atom stereocenters. The Hall–Kier alpha value is -2.44. The van der Waals surface area contributed by atoms with Gasteiger partial charge in [-0.15, -0.1) is 0 Å². The van der Waals surface area contributed by atoms with Crippen molar-refractivity contribution in [3.63, 3.8) is 0 Å². The Morgan fingerprint density at radius 2 is 2.00 bits per heavy atom. The fourth-order valence-electron chi connectivity index (χ4n) is 5.01. The van der Waals surface area contributed by atoms with Crippen LogP contribution in [0.5, 0.6) is 0 Å². The Morgan fingerprint density at radius 1 is 1.19 bits per heavy atom. The summed E-state index contributed by atoms with van der Waals surface area (Å²) in [6, 6.07) is 8.48. The lowest BCUT2D eigenvalue weighted by molar-refractivity contribution is -0.149. The summed E-state index contributed by atoms with van der Waals surface area (Å²) in [6.45, 7) is 1.44. The number of carbonyl (C=O) groups is 1. The lowest BCUT2D eigenvalue weighted by atomic mass is 9.82. The molecule has 1 saturated heterocycles. The number of esters is 1. The average molecular weight is 474 g/mol. The minimum absolute atomic E-state index is 0.126. The standard InChI is InChI=1S/C24H22Cl2FN3O2/c1-32-23(31)24(8-9-24)15-3-2-10-30(12-15)22-20-16(14-4-6-17(25)18(26)11-14)5-7-19(27)21(20)28-13-29-22/h4-7,11,13,15H,2-3,8-10,12H2,1H3. The maximum atomic E-state index is 14.8. The first-order chi connectivity index (χ1) is 15.4. The van der Waals surface area contributed by atoms with Gasteiger partial charge in [-0.25, -0.2) is 14.4 Å². The summed E-state index contributed by atoms with van der Waals surface area (Å²) in [5.74, 6) is 0.310. The second-order valence-corrected chi connectivity index (χ2v) is 9.39. The van der Waals surface area contributed by atoms with E-state index in [0.717, 1.165) is 43.4 Å². The molecule has 1 aliphatic heterocycles. The van der Waals surface area contributed by atoms with Crippen molar-refractivity contribution < 1.29 is 13.9 Å². The van der Waals surface area contributed by atoms with Crippen LogP contribution in [0.1, 0.15) is 25.7 Å². The highest BCUT2D eigenvalue weighted by atomic mass is 35.5. The molecule has 1 aromatic heterocycles. The summed E-state index contributed by atoms with van der Waals surface area (Å²) < 4.78 is 19.9. The number of aromatic nitrogens is 2. The van der Waals surface area contributed by atoms with E-state index in [1.165, 1.54) is 19.5 Å². The van der Waals surface area contributed by atoms with Crippen LogP contribution in [-0.4, -0.2) is 36.1 Å². The quantitative estimate of drug-likeness (QED) is 0.440. The van der Waals surface area contributed by atoms with Gasteiger partial charge in [0.1, 0.15) is 23.5 Å². The third-order valence-electron chi connectivity index (χ3n) is 6.83. The monoisotopic (exact) mass is 473 g/mol. The number of halogens is 3. The first kappa shape index (κ1) is 21.4. The maximum absolute atomic E-state index is 14.8. The highest BCUT2D eigenvalue weighted by Gasteiger charge is 2.57. The number of ether oxygens (including phenoxy) is 1.